The number of nitrogens with zero attached hydrogens (tertiary/aromatic N) is 5. The van der Waals surface area contributed by atoms with E-state index in [4.69, 9.17) is 10.7 Å². The minimum Gasteiger partial charge on any atom is -0.369 e. The Balaban J connectivity index is 1.83. The van der Waals surface area contributed by atoms with E-state index in [2.05, 4.69) is 32.6 Å². The Morgan fingerprint density at radius 1 is 1.33 bits per heavy atom. The van der Waals surface area contributed by atoms with Gasteiger partial charge in [0.1, 0.15) is 5.54 Å². The first kappa shape index (κ1) is 18.5. The summed E-state index contributed by atoms with van der Waals surface area (Å²) in [6, 6.07) is 4.01. The highest BCUT2D eigenvalue weighted by Crippen LogP contribution is 2.47. The highest BCUT2D eigenvalue weighted by atomic mass is 127. The van der Waals surface area contributed by atoms with Gasteiger partial charge in [0.05, 0.1) is 26.7 Å². The number of rotatable bonds is 2. The standard InChI is InChI=1S/C17H18FIN6OS/c1-8-13(18)9(2)22-16(21-8)25-6-10-14(26)24(3)15(20)23-17(10,7-25)11-4-5-12(19)27-11/h4-5,10H,6-7H2,1-3H3,(H2,20,23)/t10-,17-/m0/s1. The smallest absolute Gasteiger partial charge is 0.236 e. The molecule has 2 aliphatic rings. The Kier molecular flexibility index (Phi) is 4.37. The van der Waals surface area contributed by atoms with Gasteiger partial charge < -0.3 is 10.6 Å². The van der Waals surface area contributed by atoms with Gasteiger partial charge in [0, 0.05) is 18.5 Å². The number of amides is 1. The molecule has 0 radical (unpaired) electrons. The molecule has 0 saturated carbocycles. The third-order valence-electron chi connectivity index (χ3n) is 5.15. The summed E-state index contributed by atoms with van der Waals surface area (Å²) >= 11 is 3.85. The second-order valence-electron chi connectivity index (χ2n) is 6.84. The van der Waals surface area contributed by atoms with Crippen molar-refractivity contribution in [1.82, 2.24) is 14.9 Å². The van der Waals surface area contributed by atoms with Crippen molar-refractivity contribution in [1.29, 1.82) is 0 Å². The maximum Gasteiger partial charge on any atom is 0.236 e. The minimum atomic E-state index is -0.776. The van der Waals surface area contributed by atoms with Crippen molar-refractivity contribution in [3.63, 3.8) is 0 Å². The third-order valence-corrected chi connectivity index (χ3v) is 7.21. The van der Waals surface area contributed by atoms with E-state index in [9.17, 15) is 9.18 Å². The molecule has 1 fully saturated rings. The Bertz CT molecular complexity index is 955. The third kappa shape index (κ3) is 2.80. The van der Waals surface area contributed by atoms with Crippen LogP contribution in [0.25, 0.3) is 0 Å². The molecule has 2 aliphatic heterocycles. The van der Waals surface area contributed by atoms with Crippen LogP contribution in [-0.2, 0) is 10.3 Å². The van der Waals surface area contributed by atoms with Crippen molar-refractivity contribution in [3.05, 3.63) is 37.1 Å². The quantitative estimate of drug-likeness (QED) is 0.638. The Morgan fingerprint density at radius 2 is 2.00 bits per heavy atom. The zero-order valence-electron chi connectivity index (χ0n) is 15.0. The molecule has 27 heavy (non-hydrogen) atoms. The van der Waals surface area contributed by atoms with E-state index in [-0.39, 0.29) is 11.9 Å². The van der Waals surface area contributed by atoms with E-state index in [0.717, 1.165) is 7.76 Å². The van der Waals surface area contributed by atoms with Gasteiger partial charge >= 0.3 is 0 Å². The van der Waals surface area contributed by atoms with Gasteiger partial charge in [0.15, 0.2) is 11.8 Å². The van der Waals surface area contributed by atoms with Crippen LogP contribution in [0.1, 0.15) is 16.3 Å². The molecule has 0 aliphatic carbocycles. The molecular formula is C17H18FIN6OS. The van der Waals surface area contributed by atoms with Gasteiger partial charge in [-0.3, -0.25) is 9.69 Å². The predicted molar refractivity (Wildman–Crippen MR) is 110 cm³/mol. The summed E-state index contributed by atoms with van der Waals surface area (Å²) in [6.07, 6.45) is 0. The van der Waals surface area contributed by atoms with Crippen molar-refractivity contribution in [2.24, 2.45) is 16.6 Å². The number of thiophene rings is 1. The molecule has 0 unspecified atom stereocenters. The number of hydrogen-bond acceptors (Lipinski definition) is 7. The molecule has 2 atom stereocenters. The van der Waals surface area contributed by atoms with Crippen LogP contribution < -0.4 is 10.6 Å². The summed E-state index contributed by atoms with van der Waals surface area (Å²) in [5.41, 5.74) is 5.87. The number of carbonyl (C=O) groups is 1. The predicted octanol–water partition coefficient (Wildman–Crippen LogP) is 2.02. The second kappa shape index (κ2) is 6.36. The maximum absolute atomic E-state index is 14.0. The van der Waals surface area contributed by atoms with Crippen LogP contribution in [0.5, 0.6) is 0 Å². The van der Waals surface area contributed by atoms with Gasteiger partial charge in [-0.2, -0.15) is 0 Å². The lowest BCUT2D eigenvalue weighted by Gasteiger charge is -2.36. The number of aromatic nitrogens is 2. The van der Waals surface area contributed by atoms with Crippen molar-refractivity contribution in [2.75, 3.05) is 25.0 Å². The Labute approximate surface area is 173 Å². The number of fused-ring (bicyclic) bond motifs is 1. The van der Waals surface area contributed by atoms with Crippen LogP contribution in [-0.4, -0.2) is 46.9 Å². The molecule has 4 rings (SSSR count). The van der Waals surface area contributed by atoms with Gasteiger partial charge in [-0.1, -0.05) is 0 Å². The van der Waals surface area contributed by atoms with Gasteiger partial charge in [-0.15, -0.1) is 11.3 Å². The minimum absolute atomic E-state index is 0.0797. The highest BCUT2D eigenvalue weighted by molar-refractivity contribution is 14.1. The van der Waals surface area contributed by atoms with Crippen LogP contribution in [0.15, 0.2) is 17.1 Å². The lowest BCUT2D eigenvalue weighted by Crippen LogP contribution is -2.54. The summed E-state index contributed by atoms with van der Waals surface area (Å²) < 4.78 is 15.1. The van der Waals surface area contributed by atoms with E-state index in [1.165, 1.54) is 4.90 Å². The molecule has 2 N–H and O–H groups in total. The average molecular weight is 500 g/mol. The van der Waals surface area contributed by atoms with Crippen molar-refractivity contribution in [3.8, 4) is 0 Å². The number of nitrogens with two attached hydrogens (primary N) is 1. The number of carbonyl (C=O) groups excluding carboxylic acids is 1. The maximum atomic E-state index is 14.0. The first-order chi connectivity index (χ1) is 12.7. The van der Waals surface area contributed by atoms with E-state index >= 15 is 0 Å². The Morgan fingerprint density at radius 3 is 2.59 bits per heavy atom. The molecule has 2 aromatic heterocycles. The average Bonchev–Trinajstić information content (AvgIpc) is 3.22. The van der Waals surface area contributed by atoms with E-state index in [0.29, 0.717) is 30.4 Å². The van der Waals surface area contributed by atoms with Crippen LogP contribution in [0, 0.1) is 28.5 Å². The van der Waals surface area contributed by atoms with Gasteiger partial charge in [0.2, 0.25) is 11.9 Å². The molecule has 142 valence electrons. The van der Waals surface area contributed by atoms with Crippen molar-refractivity contribution in [2.45, 2.75) is 19.4 Å². The molecule has 1 saturated heterocycles. The zero-order valence-corrected chi connectivity index (χ0v) is 18.0. The fourth-order valence-corrected chi connectivity index (χ4v) is 5.49. The number of guanidine groups is 1. The molecular weight excluding hydrogens is 482 g/mol. The van der Waals surface area contributed by atoms with E-state index in [1.807, 2.05) is 17.0 Å². The van der Waals surface area contributed by atoms with E-state index in [1.54, 1.807) is 32.2 Å². The molecule has 0 aromatic carbocycles. The molecule has 0 bridgehead atoms. The van der Waals surface area contributed by atoms with Crippen molar-refractivity contribution >= 4 is 51.7 Å². The normalized spacial score (nSPS) is 25.0. The van der Waals surface area contributed by atoms with Crippen LogP contribution in [0.3, 0.4) is 0 Å². The Hall–Kier alpha value is -1.82. The summed E-state index contributed by atoms with van der Waals surface area (Å²) in [5, 5.41) is 0. The summed E-state index contributed by atoms with van der Waals surface area (Å²) in [4.78, 5) is 30.7. The van der Waals surface area contributed by atoms with Crippen LogP contribution in [0.2, 0.25) is 0 Å². The number of aliphatic imine (C=N–C) groups is 1. The molecule has 0 spiro atoms. The van der Waals surface area contributed by atoms with Crippen LogP contribution in [0.4, 0.5) is 10.3 Å². The summed E-state index contributed by atoms with van der Waals surface area (Å²) in [5.74, 6) is -0.275. The lowest BCUT2D eigenvalue weighted by atomic mass is 9.84. The first-order valence-corrected chi connectivity index (χ1v) is 10.3. The zero-order chi connectivity index (χ0) is 19.5. The van der Waals surface area contributed by atoms with Gasteiger partial charge in [0.25, 0.3) is 0 Å². The van der Waals surface area contributed by atoms with E-state index < -0.39 is 17.3 Å². The second-order valence-corrected chi connectivity index (χ2v) is 9.81. The molecule has 4 heterocycles. The van der Waals surface area contributed by atoms with Gasteiger partial charge in [-0.25, -0.2) is 19.4 Å². The number of hydrogen-bond donors (Lipinski definition) is 1. The first-order valence-electron chi connectivity index (χ1n) is 8.37. The highest BCUT2D eigenvalue weighted by Gasteiger charge is 2.56. The largest absolute Gasteiger partial charge is 0.369 e. The van der Waals surface area contributed by atoms with Crippen LogP contribution >= 0.6 is 33.9 Å². The molecule has 1 amide bonds. The number of halogens is 2. The fourth-order valence-electron chi connectivity index (χ4n) is 3.69. The molecule has 2 aromatic rings. The van der Waals surface area contributed by atoms with Gasteiger partial charge in [-0.05, 0) is 48.6 Å². The monoisotopic (exact) mass is 500 g/mol. The summed E-state index contributed by atoms with van der Waals surface area (Å²) in [6.45, 7) is 4.05. The lowest BCUT2D eigenvalue weighted by molar-refractivity contribution is -0.132. The fraction of sp³-hybridized carbons (Fsp3) is 0.412. The molecule has 10 heteroatoms. The topological polar surface area (TPSA) is 87.7 Å². The number of aryl methyl sites for hydroxylation is 2. The number of anilines is 1. The molecule has 7 nitrogen and oxygen atoms in total. The van der Waals surface area contributed by atoms with Crippen molar-refractivity contribution < 1.29 is 9.18 Å². The SMILES string of the molecule is Cc1nc(N2C[C@H]3C(=O)N(C)C(N)=N[C@@]3(c3ccc(I)s3)C2)nc(C)c1F. The summed E-state index contributed by atoms with van der Waals surface area (Å²) in [7, 11) is 1.63.